The normalized spacial score (nSPS) is 21.1. The minimum Gasteiger partial charge on any atom is -0.341 e. The molecule has 1 aromatic heterocycles. The Kier molecular flexibility index (Phi) is 5.40. The number of hydrogen-bond donors (Lipinski definition) is 1. The van der Waals surface area contributed by atoms with Crippen LogP contribution in [-0.2, 0) is 11.2 Å². The third kappa shape index (κ3) is 3.40. The van der Waals surface area contributed by atoms with Gasteiger partial charge in [-0.05, 0) is 19.3 Å². The van der Waals surface area contributed by atoms with Gasteiger partial charge in [-0.25, -0.2) is 9.97 Å². The van der Waals surface area contributed by atoms with Crippen LogP contribution in [0.2, 0.25) is 0 Å². The Balaban J connectivity index is 1.82. The van der Waals surface area contributed by atoms with E-state index in [0.29, 0.717) is 25.2 Å². The van der Waals surface area contributed by atoms with E-state index in [0.717, 1.165) is 44.5 Å². The number of carbonyl (C=O) groups excluding carboxylic acids is 2. The fraction of sp³-hybridized carbons (Fsp3) is 0.647. The van der Waals surface area contributed by atoms with Gasteiger partial charge in [0.05, 0.1) is 11.3 Å². The monoisotopic (exact) mass is 331 g/mol. The molecule has 0 spiro atoms. The van der Waals surface area contributed by atoms with Gasteiger partial charge in [0.25, 0.3) is 5.91 Å². The zero-order chi connectivity index (χ0) is 16.9. The highest BCUT2D eigenvalue weighted by Gasteiger charge is 2.36. The number of rotatable bonds is 4. The molecule has 2 saturated heterocycles. The molecule has 2 aliphatic heterocycles. The molecule has 24 heavy (non-hydrogen) atoms. The maximum absolute atomic E-state index is 13.1. The lowest BCUT2D eigenvalue weighted by Gasteiger charge is -2.37. The molecule has 7 nitrogen and oxygen atoms in total. The summed E-state index contributed by atoms with van der Waals surface area (Å²) in [5.74, 6) is -0.0694. The second-order valence-electron chi connectivity index (χ2n) is 6.38. The van der Waals surface area contributed by atoms with Crippen molar-refractivity contribution < 1.29 is 9.59 Å². The molecule has 0 bridgehead atoms. The Morgan fingerprint density at radius 2 is 2.08 bits per heavy atom. The molecule has 0 unspecified atom stereocenters. The molecule has 7 heteroatoms. The first kappa shape index (κ1) is 16.8. The van der Waals surface area contributed by atoms with Crippen molar-refractivity contribution in [3.63, 3.8) is 0 Å². The number of piperazine rings is 1. The molecule has 2 amide bonds. The summed E-state index contributed by atoms with van der Waals surface area (Å²) in [4.78, 5) is 37.8. The topological polar surface area (TPSA) is 78.4 Å². The van der Waals surface area contributed by atoms with Crippen molar-refractivity contribution in [3.8, 4) is 0 Å². The van der Waals surface area contributed by atoms with E-state index in [1.54, 1.807) is 11.1 Å². The number of likely N-dealkylation sites (tertiary alicyclic amines) is 1. The van der Waals surface area contributed by atoms with Gasteiger partial charge < -0.3 is 15.1 Å². The van der Waals surface area contributed by atoms with E-state index in [-0.39, 0.29) is 11.8 Å². The Bertz CT molecular complexity index is 600. The third-order valence-corrected chi connectivity index (χ3v) is 4.72. The maximum Gasteiger partial charge on any atom is 0.258 e. The number of aromatic nitrogens is 2. The lowest BCUT2D eigenvalue weighted by atomic mass is 10.1. The molecule has 0 radical (unpaired) electrons. The minimum atomic E-state index is -0.431. The Labute approximate surface area is 142 Å². The zero-order valence-corrected chi connectivity index (χ0v) is 14.2. The van der Waals surface area contributed by atoms with Gasteiger partial charge in [0, 0.05) is 38.9 Å². The van der Waals surface area contributed by atoms with Crippen molar-refractivity contribution in [2.75, 3.05) is 32.7 Å². The van der Waals surface area contributed by atoms with Crippen molar-refractivity contribution in [2.45, 2.75) is 38.6 Å². The van der Waals surface area contributed by atoms with E-state index in [1.807, 2.05) is 4.90 Å². The van der Waals surface area contributed by atoms with E-state index in [1.165, 1.54) is 6.33 Å². The van der Waals surface area contributed by atoms with E-state index >= 15 is 0 Å². The molecule has 3 heterocycles. The van der Waals surface area contributed by atoms with E-state index < -0.39 is 6.04 Å². The minimum absolute atomic E-state index is 0.0574. The maximum atomic E-state index is 13.1. The summed E-state index contributed by atoms with van der Waals surface area (Å²) < 4.78 is 0. The molecule has 0 saturated carbocycles. The first-order chi connectivity index (χ1) is 11.7. The second-order valence-corrected chi connectivity index (χ2v) is 6.38. The lowest BCUT2D eigenvalue weighted by Crippen LogP contribution is -2.60. The highest BCUT2D eigenvalue weighted by atomic mass is 16.2. The summed E-state index contributed by atoms with van der Waals surface area (Å²) >= 11 is 0. The number of nitrogens with one attached hydrogen (secondary N) is 1. The van der Waals surface area contributed by atoms with E-state index in [4.69, 9.17) is 0 Å². The highest BCUT2D eigenvalue weighted by molar-refractivity contribution is 5.98. The summed E-state index contributed by atoms with van der Waals surface area (Å²) in [5.41, 5.74) is 1.30. The highest BCUT2D eigenvalue weighted by Crippen LogP contribution is 2.17. The quantitative estimate of drug-likeness (QED) is 0.867. The molecular formula is C17H25N5O2. The average molecular weight is 331 g/mol. The summed E-state index contributed by atoms with van der Waals surface area (Å²) in [6, 6.07) is -0.431. The molecule has 2 aliphatic rings. The molecule has 0 aliphatic carbocycles. The van der Waals surface area contributed by atoms with Crippen molar-refractivity contribution in [2.24, 2.45) is 0 Å². The first-order valence-electron chi connectivity index (χ1n) is 8.81. The van der Waals surface area contributed by atoms with Gasteiger partial charge in [-0.1, -0.05) is 13.3 Å². The zero-order valence-electron chi connectivity index (χ0n) is 14.2. The predicted molar refractivity (Wildman–Crippen MR) is 89.5 cm³/mol. The molecule has 1 N–H and O–H groups in total. The summed E-state index contributed by atoms with van der Waals surface area (Å²) in [6.07, 6.45) is 6.81. The fourth-order valence-electron chi connectivity index (χ4n) is 3.44. The van der Waals surface area contributed by atoms with Gasteiger partial charge in [0.1, 0.15) is 12.4 Å². The van der Waals surface area contributed by atoms with Crippen molar-refractivity contribution in [1.29, 1.82) is 0 Å². The second kappa shape index (κ2) is 7.70. The lowest BCUT2D eigenvalue weighted by molar-refractivity contribution is -0.135. The number of aryl methyl sites for hydroxylation is 1. The van der Waals surface area contributed by atoms with Crippen LogP contribution in [0.3, 0.4) is 0 Å². The first-order valence-corrected chi connectivity index (χ1v) is 8.81. The van der Waals surface area contributed by atoms with Gasteiger partial charge in [-0.2, -0.15) is 0 Å². The van der Waals surface area contributed by atoms with Crippen molar-refractivity contribution in [3.05, 3.63) is 23.8 Å². The largest absolute Gasteiger partial charge is 0.341 e. The van der Waals surface area contributed by atoms with Crippen LogP contribution in [0, 0.1) is 0 Å². The standard InChI is InChI=1S/C17H25N5O2/c1-2-5-14-13(10-19-12-20-14)16(23)22-9-6-18-11-15(22)17(24)21-7-3-4-8-21/h10,12,15,18H,2-9,11H2,1H3/t15-/m0/s1. The van der Waals surface area contributed by atoms with Gasteiger partial charge in [0.15, 0.2) is 0 Å². The van der Waals surface area contributed by atoms with Crippen LogP contribution in [0.5, 0.6) is 0 Å². The van der Waals surface area contributed by atoms with Gasteiger partial charge in [-0.3, -0.25) is 9.59 Å². The smallest absolute Gasteiger partial charge is 0.258 e. The van der Waals surface area contributed by atoms with Crippen LogP contribution in [0.4, 0.5) is 0 Å². The van der Waals surface area contributed by atoms with Crippen LogP contribution in [0.1, 0.15) is 42.2 Å². The van der Waals surface area contributed by atoms with Gasteiger partial charge >= 0.3 is 0 Å². The number of nitrogens with zero attached hydrogens (tertiary/aromatic N) is 4. The molecule has 1 aromatic rings. The van der Waals surface area contributed by atoms with Crippen LogP contribution in [0.15, 0.2) is 12.5 Å². The molecular weight excluding hydrogens is 306 g/mol. The van der Waals surface area contributed by atoms with Crippen LogP contribution in [0.25, 0.3) is 0 Å². The van der Waals surface area contributed by atoms with Crippen molar-refractivity contribution in [1.82, 2.24) is 25.1 Å². The van der Waals surface area contributed by atoms with Crippen LogP contribution < -0.4 is 5.32 Å². The third-order valence-electron chi connectivity index (χ3n) is 4.72. The van der Waals surface area contributed by atoms with Gasteiger partial charge in [-0.15, -0.1) is 0 Å². The van der Waals surface area contributed by atoms with Crippen LogP contribution in [-0.4, -0.2) is 70.3 Å². The molecule has 1 atom stereocenters. The predicted octanol–water partition coefficient (Wildman–Crippen LogP) is 0.466. The Hall–Kier alpha value is -2.02. The number of amides is 2. The molecule has 2 fully saturated rings. The summed E-state index contributed by atoms with van der Waals surface area (Å²) in [6.45, 7) is 5.40. The Morgan fingerprint density at radius 3 is 2.83 bits per heavy atom. The fourth-order valence-corrected chi connectivity index (χ4v) is 3.44. The Morgan fingerprint density at radius 1 is 1.29 bits per heavy atom. The molecule has 0 aromatic carbocycles. The SMILES string of the molecule is CCCc1ncncc1C(=O)N1CCNC[C@H]1C(=O)N1CCCC1. The van der Waals surface area contributed by atoms with Crippen LogP contribution >= 0.6 is 0 Å². The van der Waals surface area contributed by atoms with Crippen molar-refractivity contribution >= 4 is 11.8 Å². The molecule has 130 valence electrons. The summed E-state index contributed by atoms with van der Waals surface area (Å²) in [7, 11) is 0. The number of hydrogen-bond acceptors (Lipinski definition) is 5. The number of carbonyl (C=O) groups is 2. The average Bonchev–Trinajstić information content (AvgIpc) is 3.16. The molecule has 3 rings (SSSR count). The van der Waals surface area contributed by atoms with E-state index in [2.05, 4.69) is 22.2 Å². The summed E-state index contributed by atoms with van der Waals surface area (Å²) in [5, 5.41) is 3.24. The van der Waals surface area contributed by atoms with Gasteiger partial charge in [0.2, 0.25) is 5.91 Å². The van der Waals surface area contributed by atoms with E-state index in [9.17, 15) is 9.59 Å².